The lowest BCUT2D eigenvalue weighted by atomic mass is 10.3. The van der Waals surface area contributed by atoms with E-state index in [-0.39, 0.29) is 10.8 Å². The normalized spacial score (nSPS) is 11.2. The van der Waals surface area contributed by atoms with E-state index in [2.05, 4.69) is 9.05 Å². The van der Waals surface area contributed by atoms with Gasteiger partial charge in [0.1, 0.15) is 11.5 Å². The van der Waals surface area contributed by atoms with Crippen molar-refractivity contribution in [3.63, 3.8) is 0 Å². The third-order valence-corrected chi connectivity index (χ3v) is 3.41. The second-order valence-electron chi connectivity index (χ2n) is 2.70. The minimum atomic E-state index is -3.58. The summed E-state index contributed by atoms with van der Waals surface area (Å²) in [5.41, 5.74) is 0. The van der Waals surface area contributed by atoms with E-state index in [1.165, 1.54) is 33.5 Å². The van der Waals surface area contributed by atoms with E-state index in [4.69, 9.17) is 20.9 Å². The summed E-state index contributed by atoms with van der Waals surface area (Å²) in [5.74, 6) is 0.775. The number of benzene rings is 1. The molecule has 0 bridgehead atoms. The monoisotopic (exact) mass is 266 g/mol. The summed E-state index contributed by atoms with van der Waals surface area (Å²) in [5, 5.41) is 0.258. The van der Waals surface area contributed by atoms with Crippen LogP contribution in [0.15, 0.2) is 18.2 Å². The van der Waals surface area contributed by atoms with E-state index < -0.39 is 7.82 Å². The highest BCUT2D eigenvalue weighted by Crippen LogP contribution is 2.49. The smallest absolute Gasteiger partial charge is 0.497 e. The maximum Gasteiger partial charge on any atom is 0.529 e. The fourth-order valence-electron chi connectivity index (χ4n) is 0.952. The zero-order valence-electron chi connectivity index (χ0n) is 9.10. The molecule has 0 aliphatic heterocycles. The second-order valence-corrected chi connectivity index (χ2v) is 4.91. The molecule has 1 aromatic rings. The third-order valence-electron chi connectivity index (χ3n) is 1.80. The number of halogens is 1. The molecule has 0 atom stereocenters. The molecule has 0 heterocycles. The van der Waals surface area contributed by atoms with Crippen LogP contribution in [-0.2, 0) is 13.6 Å². The number of rotatable bonds is 5. The Morgan fingerprint density at radius 2 is 1.81 bits per heavy atom. The summed E-state index contributed by atoms with van der Waals surface area (Å²) in [4.78, 5) is 0. The first-order valence-corrected chi connectivity index (χ1v) is 6.13. The van der Waals surface area contributed by atoms with Gasteiger partial charge in [-0.1, -0.05) is 11.6 Å². The molecule has 0 N–H and O–H groups in total. The molecular formula is C9H12ClO5P. The van der Waals surface area contributed by atoms with Gasteiger partial charge in [0.25, 0.3) is 0 Å². The van der Waals surface area contributed by atoms with Gasteiger partial charge in [0.2, 0.25) is 0 Å². The summed E-state index contributed by atoms with van der Waals surface area (Å²) in [6, 6.07) is 4.68. The number of ether oxygens (including phenoxy) is 1. The summed E-state index contributed by atoms with van der Waals surface area (Å²) in [7, 11) is 0.384. The molecule has 90 valence electrons. The molecule has 0 fully saturated rings. The van der Waals surface area contributed by atoms with Crippen LogP contribution in [0.3, 0.4) is 0 Å². The van der Waals surface area contributed by atoms with Crippen LogP contribution in [0, 0.1) is 0 Å². The highest BCUT2D eigenvalue weighted by Gasteiger charge is 2.25. The van der Waals surface area contributed by atoms with E-state index in [1.54, 1.807) is 6.07 Å². The molecule has 0 aromatic heterocycles. The number of hydrogen-bond donors (Lipinski definition) is 0. The van der Waals surface area contributed by atoms with E-state index in [0.29, 0.717) is 5.75 Å². The number of methoxy groups -OCH3 is 1. The first-order valence-electron chi connectivity index (χ1n) is 4.29. The van der Waals surface area contributed by atoms with E-state index in [1.807, 2.05) is 0 Å². The average Bonchev–Trinajstić information content (AvgIpc) is 2.31. The Morgan fingerprint density at radius 3 is 2.25 bits per heavy atom. The fraction of sp³-hybridized carbons (Fsp3) is 0.333. The molecule has 0 aliphatic carbocycles. The molecular weight excluding hydrogens is 255 g/mol. The molecule has 7 heteroatoms. The van der Waals surface area contributed by atoms with E-state index >= 15 is 0 Å². The minimum absolute atomic E-state index is 0.203. The lowest BCUT2D eigenvalue weighted by Gasteiger charge is -2.15. The average molecular weight is 267 g/mol. The Kier molecular flexibility index (Phi) is 4.62. The second kappa shape index (κ2) is 5.55. The van der Waals surface area contributed by atoms with Crippen molar-refractivity contribution in [2.24, 2.45) is 0 Å². The van der Waals surface area contributed by atoms with Crippen LogP contribution in [0.2, 0.25) is 5.02 Å². The standard InChI is InChI=1S/C9H12ClO5P/c1-12-7-4-5-9(8(10)6-7)15-16(11,13-2)14-3/h4-6H,1-3H3. The Morgan fingerprint density at radius 1 is 1.19 bits per heavy atom. The van der Waals surface area contributed by atoms with E-state index in [0.717, 1.165) is 0 Å². The zero-order chi connectivity index (χ0) is 12.2. The van der Waals surface area contributed by atoms with Crippen molar-refractivity contribution >= 4 is 19.4 Å². The van der Waals surface area contributed by atoms with Gasteiger partial charge in [-0.15, -0.1) is 0 Å². The van der Waals surface area contributed by atoms with Gasteiger partial charge in [0.15, 0.2) is 0 Å². The van der Waals surface area contributed by atoms with Crippen LogP contribution in [0.25, 0.3) is 0 Å². The van der Waals surface area contributed by atoms with Crippen molar-refractivity contribution in [1.82, 2.24) is 0 Å². The predicted molar refractivity (Wildman–Crippen MR) is 60.3 cm³/mol. The first kappa shape index (κ1) is 13.3. The summed E-state index contributed by atoms with van der Waals surface area (Å²) >= 11 is 5.89. The lowest BCUT2D eigenvalue weighted by Crippen LogP contribution is -1.97. The lowest BCUT2D eigenvalue weighted by molar-refractivity contribution is 0.211. The Balaban J connectivity index is 2.94. The largest absolute Gasteiger partial charge is 0.529 e. The van der Waals surface area contributed by atoms with Crippen molar-refractivity contribution in [3.05, 3.63) is 23.2 Å². The molecule has 1 aromatic carbocycles. The van der Waals surface area contributed by atoms with Crippen LogP contribution in [0.1, 0.15) is 0 Å². The highest BCUT2D eigenvalue weighted by molar-refractivity contribution is 7.48. The fourth-order valence-corrected chi connectivity index (χ4v) is 1.91. The molecule has 1 rings (SSSR count). The van der Waals surface area contributed by atoms with Gasteiger partial charge < -0.3 is 9.26 Å². The van der Waals surface area contributed by atoms with Crippen LogP contribution < -0.4 is 9.26 Å². The molecule has 16 heavy (non-hydrogen) atoms. The number of phosphoric acid groups is 1. The SMILES string of the molecule is COc1ccc(OP(=O)(OC)OC)c(Cl)c1. The van der Waals surface area contributed by atoms with Gasteiger partial charge >= 0.3 is 7.82 Å². The maximum atomic E-state index is 11.7. The van der Waals surface area contributed by atoms with Gasteiger partial charge in [-0.2, -0.15) is 0 Å². The summed E-state index contributed by atoms with van der Waals surface area (Å²) < 4.78 is 30.9. The molecule has 0 saturated heterocycles. The minimum Gasteiger partial charge on any atom is -0.497 e. The van der Waals surface area contributed by atoms with E-state index in [9.17, 15) is 4.57 Å². The summed E-state index contributed by atoms with van der Waals surface area (Å²) in [6.45, 7) is 0. The molecule has 0 saturated carbocycles. The molecule has 0 aliphatic rings. The van der Waals surface area contributed by atoms with Crippen molar-refractivity contribution in [3.8, 4) is 11.5 Å². The van der Waals surface area contributed by atoms with Gasteiger partial charge in [-0.05, 0) is 12.1 Å². The van der Waals surface area contributed by atoms with Crippen LogP contribution in [0.4, 0.5) is 0 Å². The Bertz CT molecular complexity index is 401. The van der Waals surface area contributed by atoms with Crippen molar-refractivity contribution in [2.45, 2.75) is 0 Å². The predicted octanol–water partition coefficient (Wildman–Crippen LogP) is 3.13. The third kappa shape index (κ3) is 3.12. The van der Waals surface area contributed by atoms with Gasteiger partial charge in [-0.3, -0.25) is 9.05 Å². The van der Waals surface area contributed by atoms with Crippen LogP contribution in [0.5, 0.6) is 11.5 Å². The van der Waals surface area contributed by atoms with Gasteiger partial charge in [0, 0.05) is 20.3 Å². The molecule has 0 unspecified atom stereocenters. The summed E-state index contributed by atoms with van der Waals surface area (Å²) in [6.07, 6.45) is 0. The number of hydrogen-bond acceptors (Lipinski definition) is 5. The Hall–Kier alpha value is -0.740. The van der Waals surface area contributed by atoms with Crippen LogP contribution in [-0.4, -0.2) is 21.3 Å². The molecule has 0 amide bonds. The molecule has 0 radical (unpaired) electrons. The van der Waals surface area contributed by atoms with Gasteiger partial charge in [0.05, 0.1) is 12.1 Å². The quantitative estimate of drug-likeness (QED) is 0.767. The van der Waals surface area contributed by atoms with Crippen molar-refractivity contribution in [1.29, 1.82) is 0 Å². The van der Waals surface area contributed by atoms with Crippen molar-refractivity contribution in [2.75, 3.05) is 21.3 Å². The maximum absolute atomic E-state index is 11.7. The zero-order valence-corrected chi connectivity index (χ0v) is 10.7. The Labute approximate surface area is 98.8 Å². The topological polar surface area (TPSA) is 54.0 Å². The number of phosphoric ester groups is 1. The molecule has 0 spiro atoms. The highest BCUT2D eigenvalue weighted by atomic mass is 35.5. The van der Waals surface area contributed by atoms with Crippen LogP contribution >= 0.6 is 19.4 Å². The molecule has 5 nitrogen and oxygen atoms in total. The van der Waals surface area contributed by atoms with Gasteiger partial charge in [-0.25, -0.2) is 4.57 Å². The first-order chi connectivity index (χ1) is 7.54. The van der Waals surface area contributed by atoms with Crippen molar-refractivity contribution < 1.29 is 22.9 Å².